The second kappa shape index (κ2) is 6.84. The van der Waals surface area contributed by atoms with E-state index in [1.165, 1.54) is 30.4 Å². The molecule has 1 aliphatic rings. The van der Waals surface area contributed by atoms with Crippen LogP contribution in [0.2, 0.25) is 0 Å². The van der Waals surface area contributed by atoms with Gasteiger partial charge in [0.15, 0.2) is 5.78 Å². The number of carbonyl (C=O) groups is 2. The zero-order valence-electron chi connectivity index (χ0n) is 13.5. The number of carbonyl (C=O) groups excluding carboxylic acids is 1. The summed E-state index contributed by atoms with van der Waals surface area (Å²) in [5.41, 5.74) is 2.98. The number of ketones is 1. The third kappa shape index (κ3) is 3.31. The summed E-state index contributed by atoms with van der Waals surface area (Å²) in [6, 6.07) is 12.8. The lowest BCUT2D eigenvalue weighted by Gasteiger charge is -2.28. The lowest BCUT2D eigenvalue weighted by molar-refractivity contribution is 0.0693. The summed E-state index contributed by atoms with van der Waals surface area (Å²) in [7, 11) is 1.41. The second-order valence-corrected chi connectivity index (χ2v) is 5.87. The van der Waals surface area contributed by atoms with Crippen molar-refractivity contribution in [3.63, 3.8) is 0 Å². The maximum atomic E-state index is 12.5. The van der Waals surface area contributed by atoms with Crippen LogP contribution < -0.4 is 4.74 Å². The highest BCUT2D eigenvalue weighted by Crippen LogP contribution is 2.22. The van der Waals surface area contributed by atoms with Crippen LogP contribution >= 0.6 is 0 Å². The molecule has 0 unspecified atom stereocenters. The van der Waals surface area contributed by atoms with Gasteiger partial charge in [-0.15, -0.1) is 0 Å². The molecule has 1 N–H and O–H groups in total. The normalized spacial score (nSPS) is 14.0. The Morgan fingerprint density at radius 1 is 1.17 bits per heavy atom. The van der Waals surface area contributed by atoms with Crippen molar-refractivity contribution in [3.05, 3.63) is 64.7 Å². The van der Waals surface area contributed by atoms with Crippen LogP contribution in [0.1, 0.15) is 31.8 Å². The molecule has 0 atom stereocenters. The second-order valence-electron chi connectivity index (χ2n) is 5.87. The summed E-state index contributed by atoms with van der Waals surface area (Å²) < 4.78 is 5.03. The van der Waals surface area contributed by atoms with E-state index in [9.17, 15) is 14.7 Å². The summed E-state index contributed by atoms with van der Waals surface area (Å²) in [6.45, 7) is 1.84. The lowest BCUT2D eigenvalue weighted by Crippen LogP contribution is -2.34. The van der Waals surface area contributed by atoms with Crippen molar-refractivity contribution < 1.29 is 19.4 Å². The van der Waals surface area contributed by atoms with Crippen molar-refractivity contribution in [3.8, 4) is 5.75 Å². The van der Waals surface area contributed by atoms with E-state index in [0.29, 0.717) is 5.56 Å². The number of benzene rings is 2. The minimum Gasteiger partial charge on any atom is -0.496 e. The van der Waals surface area contributed by atoms with E-state index in [4.69, 9.17) is 4.74 Å². The van der Waals surface area contributed by atoms with Gasteiger partial charge >= 0.3 is 5.97 Å². The largest absolute Gasteiger partial charge is 0.496 e. The third-order valence-corrected chi connectivity index (χ3v) is 4.33. The number of carboxylic acid groups (broad SMARTS) is 1. The zero-order chi connectivity index (χ0) is 17.1. The Hall–Kier alpha value is -2.66. The Morgan fingerprint density at radius 2 is 1.92 bits per heavy atom. The van der Waals surface area contributed by atoms with Gasteiger partial charge in [0.1, 0.15) is 11.3 Å². The van der Waals surface area contributed by atoms with Crippen LogP contribution in [0, 0.1) is 0 Å². The van der Waals surface area contributed by atoms with Gasteiger partial charge in [-0.25, -0.2) is 4.79 Å². The molecule has 0 aliphatic carbocycles. The van der Waals surface area contributed by atoms with Gasteiger partial charge in [-0.05, 0) is 35.7 Å². The molecule has 24 heavy (non-hydrogen) atoms. The monoisotopic (exact) mass is 325 g/mol. The average Bonchev–Trinajstić information content (AvgIpc) is 2.61. The van der Waals surface area contributed by atoms with E-state index in [0.717, 1.165) is 19.5 Å². The zero-order valence-corrected chi connectivity index (χ0v) is 13.5. The van der Waals surface area contributed by atoms with Crippen LogP contribution in [0.25, 0.3) is 0 Å². The van der Waals surface area contributed by atoms with Crippen molar-refractivity contribution >= 4 is 11.8 Å². The van der Waals surface area contributed by atoms with Crippen molar-refractivity contribution in [2.45, 2.75) is 13.0 Å². The first-order valence-corrected chi connectivity index (χ1v) is 7.82. The molecule has 0 saturated carbocycles. The molecule has 1 aliphatic heterocycles. The average molecular weight is 325 g/mol. The number of hydrogen-bond acceptors (Lipinski definition) is 4. The van der Waals surface area contributed by atoms with Crippen LogP contribution in [0.15, 0.2) is 42.5 Å². The van der Waals surface area contributed by atoms with Gasteiger partial charge in [0.2, 0.25) is 0 Å². The van der Waals surface area contributed by atoms with Crippen LogP contribution in [0.5, 0.6) is 5.75 Å². The smallest absolute Gasteiger partial charge is 0.339 e. The first kappa shape index (κ1) is 16.2. The summed E-state index contributed by atoms with van der Waals surface area (Å²) in [4.78, 5) is 25.9. The molecule has 124 valence electrons. The highest BCUT2D eigenvalue weighted by atomic mass is 16.5. The van der Waals surface area contributed by atoms with Crippen molar-refractivity contribution in [1.82, 2.24) is 4.90 Å². The highest BCUT2D eigenvalue weighted by molar-refractivity contribution is 6.01. The van der Waals surface area contributed by atoms with Gasteiger partial charge in [-0.3, -0.25) is 9.69 Å². The van der Waals surface area contributed by atoms with Gasteiger partial charge in [0, 0.05) is 18.7 Å². The van der Waals surface area contributed by atoms with E-state index in [2.05, 4.69) is 17.0 Å². The topological polar surface area (TPSA) is 66.8 Å². The van der Waals surface area contributed by atoms with Crippen LogP contribution in [-0.4, -0.2) is 42.0 Å². The lowest BCUT2D eigenvalue weighted by atomic mass is 9.99. The van der Waals surface area contributed by atoms with Crippen LogP contribution in [0.3, 0.4) is 0 Å². The van der Waals surface area contributed by atoms with E-state index in [1.54, 1.807) is 6.07 Å². The molecule has 0 aromatic heterocycles. The SMILES string of the molecule is COc1ccc(C(=O)CN2CCc3ccccc3C2)cc1C(=O)O. The minimum absolute atomic E-state index is 0.00680. The molecular formula is C19H19NO4. The van der Waals surface area contributed by atoms with Crippen molar-refractivity contribution in [2.24, 2.45) is 0 Å². The fourth-order valence-electron chi connectivity index (χ4n) is 3.03. The number of carboxylic acids is 1. The Balaban J connectivity index is 1.74. The van der Waals surface area contributed by atoms with Gasteiger partial charge in [-0.1, -0.05) is 24.3 Å². The summed E-state index contributed by atoms with van der Waals surface area (Å²) in [5, 5.41) is 9.23. The Morgan fingerprint density at radius 3 is 2.62 bits per heavy atom. The number of Topliss-reactive ketones (excluding diaryl/α,β-unsaturated/α-hetero) is 1. The third-order valence-electron chi connectivity index (χ3n) is 4.33. The Kier molecular flexibility index (Phi) is 4.62. The minimum atomic E-state index is -1.10. The predicted molar refractivity (Wildman–Crippen MR) is 89.7 cm³/mol. The molecule has 0 saturated heterocycles. The molecule has 3 rings (SSSR count). The molecular weight excluding hydrogens is 306 g/mol. The molecule has 0 spiro atoms. The summed E-state index contributed by atoms with van der Waals surface area (Å²) in [6.07, 6.45) is 0.923. The van der Waals surface area contributed by atoms with Crippen LogP contribution in [-0.2, 0) is 13.0 Å². The number of hydrogen-bond donors (Lipinski definition) is 1. The molecule has 1 heterocycles. The number of aromatic carboxylic acids is 1. The quantitative estimate of drug-likeness (QED) is 0.856. The van der Waals surface area contributed by atoms with E-state index in [-0.39, 0.29) is 23.6 Å². The molecule has 2 aromatic carbocycles. The van der Waals surface area contributed by atoms with E-state index < -0.39 is 5.97 Å². The highest BCUT2D eigenvalue weighted by Gasteiger charge is 2.20. The number of methoxy groups -OCH3 is 1. The van der Waals surface area contributed by atoms with E-state index in [1.807, 2.05) is 12.1 Å². The number of ether oxygens (including phenoxy) is 1. The fourth-order valence-corrected chi connectivity index (χ4v) is 3.03. The number of fused-ring (bicyclic) bond motifs is 1. The number of nitrogens with zero attached hydrogens (tertiary/aromatic N) is 1. The maximum absolute atomic E-state index is 12.5. The van der Waals surface area contributed by atoms with E-state index >= 15 is 0 Å². The fraction of sp³-hybridized carbons (Fsp3) is 0.263. The molecule has 0 amide bonds. The number of rotatable bonds is 5. The van der Waals surface area contributed by atoms with Gasteiger partial charge in [0.05, 0.1) is 13.7 Å². The van der Waals surface area contributed by atoms with Gasteiger partial charge in [-0.2, -0.15) is 0 Å². The van der Waals surface area contributed by atoms with Crippen LogP contribution in [0.4, 0.5) is 0 Å². The molecule has 5 nitrogen and oxygen atoms in total. The summed E-state index contributed by atoms with van der Waals surface area (Å²) >= 11 is 0. The molecule has 5 heteroatoms. The molecule has 2 aromatic rings. The Labute approximate surface area is 140 Å². The van der Waals surface area contributed by atoms with Crippen molar-refractivity contribution in [2.75, 3.05) is 20.2 Å². The maximum Gasteiger partial charge on any atom is 0.339 e. The predicted octanol–water partition coefficient (Wildman–Crippen LogP) is 2.63. The van der Waals surface area contributed by atoms with Gasteiger partial charge < -0.3 is 9.84 Å². The first-order valence-electron chi connectivity index (χ1n) is 7.82. The van der Waals surface area contributed by atoms with Crippen molar-refractivity contribution in [1.29, 1.82) is 0 Å². The molecule has 0 fully saturated rings. The molecule has 0 bridgehead atoms. The standard InChI is InChI=1S/C19H19NO4/c1-24-18-7-6-14(10-16(18)19(22)23)17(21)12-20-9-8-13-4-2-3-5-15(13)11-20/h2-7,10H,8-9,11-12H2,1H3,(H,22,23). The van der Waals surface area contributed by atoms with Gasteiger partial charge in [0.25, 0.3) is 0 Å². The first-order chi connectivity index (χ1) is 11.6. The molecule has 0 radical (unpaired) electrons. The Bertz CT molecular complexity index is 785. The summed E-state index contributed by atoms with van der Waals surface area (Å²) in [5.74, 6) is -0.932.